The minimum absolute atomic E-state index is 1.10. The van der Waals surface area contributed by atoms with Crippen molar-refractivity contribution < 1.29 is 0 Å². The highest BCUT2D eigenvalue weighted by Crippen LogP contribution is 2.32. The van der Waals surface area contributed by atoms with Gasteiger partial charge in [0.1, 0.15) is 0 Å². The average Bonchev–Trinajstić information content (AvgIpc) is 2.59. The van der Waals surface area contributed by atoms with Crippen LogP contribution in [0.5, 0.6) is 0 Å². The number of hydrogen-bond acceptors (Lipinski definition) is 3. The van der Waals surface area contributed by atoms with E-state index in [4.69, 9.17) is 0 Å². The van der Waals surface area contributed by atoms with Crippen molar-refractivity contribution in [2.45, 2.75) is 6.92 Å². The fourth-order valence-corrected chi connectivity index (χ4v) is 2.62. The van der Waals surface area contributed by atoms with Crippen LogP contribution in [0.1, 0.15) is 5.56 Å². The van der Waals surface area contributed by atoms with Gasteiger partial charge >= 0.3 is 0 Å². The summed E-state index contributed by atoms with van der Waals surface area (Å²) in [5, 5.41) is 2.29. The molecule has 0 spiro atoms. The molecule has 3 aromatic rings. The summed E-state index contributed by atoms with van der Waals surface area (Å²) < 4.78 is 2.37. The van der Waals surface area contributed by atoms with Crippen molar-refractivity contribution in [3.63, 3.8) is 0 Å². The lowest BCUT2D eigenvalue weighted by Crippen LogP contribution is -1.75. The Morgan fingerprint density at radius 3 is 3.07 bits per heavy atom. The third-order valence-corrected chi connectivity index (χ3v) is 3.51. The molecule has 0 saturated heterocycles. The number of pyridine rings is 1. The number of aryl methyl sites for hydroxylation is 1. The first kappa shape index (κ1) is 7.72. The molecule has 0 bridgehead atoms. The maximum Gasteiger partial charge on any atom is 0.0889 e. The van der Waals surface area contributed by atoms with Gasteiger partial charge in [-0.1, -0.05) is 0 Å². The van der Waals surface area contributed by atoms with Gasteiger partial charge in [-0.25, -0.2) is 4.98 Å². The molecule has 3 rings (SSSR count). The fraction of sp³-hybridized carbons (Fsp3) is 0.0909. The molecular weight excluding hydrogens is 192 g/mol. The molecule has 0 radical (unpaired) electrons. The van der Waals surface area contributed by atoms with E-state index in [9.17, 15) is 0 Å². The van der Waals surface area contributed by atoms with Crippen LogP contribution in [-0.4, -0.2) is 9.97 Å². The van der Waals surface area contributed by atoms with Crippen molar-refractivity contribution in [2.24, 2.45) is 0 Å². The average molecular weight is 198 g/mol. The summed E-state index contributed by atoms with van der Waals surface area (Å²) in [4.78, 5) is 8.15. The summed E-state index contributed by atoms with van der Waals surface area (Å²) in [6.45, 7) is 2.07. The van der Waals surface area contributed by atoms with E-state index in [1.54, 1.807) is 11.3 Å². The molecule has 0 aliphatic carbocycles. The first-order chi connectivity index (χ1) is 6.86. The van der Waals surface area contributed by atoms with Crippen molar-refractivity contribution in [2.75, 3.05) is 0 Å². The minimum atomic E-state index is 1.10. The van der Waals surface area contributed by atoms with Crippen LogP contribution in [0.2, 0.25) is 0 Å². The van der Waals surface area contributed by atoms with Crippen LogP contribution in [0.3, 0.4) is 0 Å². The largest absolute Gasteiger partial charge is 0.264 e. The van der Waals surface area contributed by atoms with E-state index in [-0.39, 0.29) is 0 Å². The molecule has 14 heavy (non-hydrogen) atoms. The van der Waals surface area contributed by atoms with Crippen molar-refractivity contribution in [1.82, 2.24) is 9.97 Å². The molecular formula is C11H6N2S. The Morgan fingerprint density at radius 1 is 1.21 bits per heavy atom. The maximum absolute atomic E-state index is 4.19. The van der Waals surface area contributed by atoms with Crippen LogP contribution in [0.15, 0.2) is 18.6 Å². The Bertz CT molecular complexity index is 613. The predicted octanol–water partition coefficient (Wildman–Crippen LogP) is 2.75. The second kappa shape index (κ2) is 2.66. The molecule has 0 atom stereocenters. The minimum Gasteiger partial charge on any atom is -0.264 e. The molecule has 0 unspecified atom stereocenters. The summed E-state index contributed by atoms with van der Waals surface area (Å²) in [6.07, 6.45) is 8.33. The number of hydrogen-bond donors (Lipinski definition) is 0. The Morgan fingerprint density at radius 2 is 2.14 bits per heavy atom. The van der Waals surface area contributed by atoms with Gasteiger partial charge in [0, 0.05) is 40.3 Å². The lowest BCUT2D eigenvalue weighted by Gasteiger charge is -1.92. The van der Waals surface area contributed by atoms with E-state index in [0.29, 0.717) is 0 Å². The maximum atomic E-state index is 4.19. The Balaban J connectivity index is 2.63. The summed E-state index contributed by atoms with van der Waals surface area (Å²) in [5.41, 5.74) is 1.21. The van der Waals surface area contributed by atoms with Crippen LogP contribution in [0.4, 0.5) is 0 Å². The molecule has 0 aromatic carbocycles. The SMILES string of the molecule is Cc1cncc2c1sc1c#cncc12. The van der Waals surface area contributed by atoms with E-state index in [2.05, 4.69) is 29.2 Å². The first-order valence-corrected chi connectivity index (χ1v) is 5.09. The van der Waals surface area contributed by atoms with Crippen molar-refractivity contribution in [3.8, 4) is 0 Å². The second-order valence-electron chi connectivity index (χ2n) is 3.17. The topological polar surface area (TPSA) is 25.8 Å². The third-order valence-electron chi connectivity index (χ3n) is 2.24. The number of nitrogens with zero attached hydrogens (tertiary/aromatic N) is 2. The summed E-state index contributed by atoms with van der Waals surface area (Å²) in [6, 6.07) is 3.02. The number of fused-ring (bicyclic) bond motifs is 3. The Kier molecular flexibility index (Phi) is 1.47. The zero-order valence-corrected chi connectivity index (χ0v) is 8.35. The Labute approximate surface area is 85.2 Å². The smallest absolute Gasteiger partial charge is 0.0889 e. The molecule has 0 aliphatic rings. The Hall–Kier alpha value is -1.66. The highest BCUT2D eigenvalue weighted by Gasteiger charge is 2.06. The van der Waals surface area contributed by atoms with Crippen LogP contribution in [0.25, 0.3) is 20.2 Å². The van der Waals surface area contributed by atoms with Gasteiger partial charge in [-0.2, -0.15) is 0 Å². The van der Waals surface area contributed by atoms with Crippen LogP contribution < -0.4 is 0 Å². The van der Waals surface area contributed by atoms with Gasteiger partial charge in [0.05, 0.1) is 4.70 Å². The van der Waals surface area contributed by atoms with Crippen molar-refractivity contribution in [1.29, 1.82) is 0 Å². The van der Waals surface area contributed by atoms with Gasteiger partial charge < -0.3 is 0 Å². The molecule has 0 amide bonds. The molecule has 0 fully saturated rings. The lowest BCUT2D eigenvalue weighted by molar-refractivity contribution is 1.32. The van der Waals surface area contributed by atoms with Crippen LogP contribution in [0, 0.1) is 19.2 Å². The molecule has 0 aliphatic heterocycles. The number of rotatable bonds is 0. The second-order valence-corrected chi connectivity index (χ2v) is 4.19. The first-order valence-electron chi connectivity index (χ1n) is 4.27. The van der Waals surface area contributed by atoms with E-state index in [1.165, 1.54) is 15.6 Å². The van der Waals surface area contributed by atoms with Crippen molar-refractivity contribution >= 4 is 31.5 Å². The van der Waals surface area contributed by atoms with Crippen LogP contribution in [-0.2, 0) is 0 Å². The number of aromatic nitrogens is 2. The molecule has 0 N–H and O–H groups in total. The van der Waals surface area contributed by atoms with Gasteiger partial charge in [-0.05, 0) is 18.6 Å². The summed E-state index contributed by atoms with van der Waals surface area (Å²) in [5.74, 6) is 0. The quantitative estimate of drug-likeness (QED) is 0.555. The van der Waals surface area contributed by atoms with Crippen LogP contribution >= 0.6 is 11.3 Å². The molecule has 3 heteroatoms. The molecule has 3 heterocycles. The predicted molar refractivity (Wildman–Crippen MR) is 57.3 cm³/mol. The number of thiophene rings is 1. The highest BCUT2D eigenvalue weighted by molar-refractivity contribution is 7.25. The normalized spacial score (nSPS) is 10.6. The lowest BCUT2D eigenvalue weighted by atomic mass is 10.2. The van der Waals surface area contributed by atoms with E-state index >= 15 is 0 Å². The monoisotopic (exact) mass is 198 g/mol. The molecule has 0 saturated carbocycles. The molecule has 3 aromatic heterocycles. The fourth-order valence-electron chi connectivity index (χ4n) is 1.56. The highest BCUT2D eigenvalue weighted by atomic mass is 32.1. The summed E-state index contributed by atoms with van der Waals surface area (Å²) >= 11 is 1.72. The zero-order chi connectivity index (χ0) is 9.54. The van der Waals surface area contributed by atoms with E-state index in [0.717, 1.165) is 10.1 Å². The molecule has 2 nitrogen and oxygen atoms in total. The summed E-state index contributed by atoms with van der Waals surface area (Å²) in [7, 11) is 0. The molecule has 66 valence electrons. The van der Waals surface area contributed by atoms with Gasteiger partial charge in [-0.15, -0.1) is 11.3 Å². The van der Waals surface area contributed by atoms with E-state index < -0.39 is 0 Å². The standard InChI is InChI=1S/C11H6N2S/c1-7-4-13-6-9-8-5-12-3-2-10(8)14-11(7)9/h4-6H,1H3. The van der Waals surface area contributed by atoms with Gasteiger partial charge in [0.15, 0.2) is 0 Å². The van der Waals surface area contributed by atoms with Gasteiger partial charge in [0.2, 0.25) is 0 Å². The van der Waals surface area contributed by atoms with E-state index in [1.807, 2.05) is 18.6 Å². The third kappa shape index (κ3) is 0.918. The zero-order valence-electron chi connectivity index (χ0n) is 7.53. The van der Waals surface area contributed by atoms with Crippen molar-refractivity contribution in [3.05, 3.63) is 36.4 Å². The van der Waals surface area contributed by atoms with Gasteiger partial charge in [-0.3, -0.25) is 4.98 Å². The van der Waals surface area contributed by atoms with Gasteiger partial charge in [0.25, 0.3) is 0 Å².